The van der Waals surface area contributed by atoms with Gasteiger partial charge < -0.3 is 20.1 Å². The number of hydrogen-bond acceptors (Lipinski definition) is 3. The highest BCUT2D eigenvalue weighted by Gasteiger charge is 2.08. The summed E-state index contributed by atoms with van der Waals surface area (Å²) in [5.74, 6) is 0.665. The SMILES string of the molecule is COC[C@@H](C)NC(=O)Nc1ccc(Br)c(OC)c1. The lowest BCUT2D eigenvalue weighted by Crippen LogP contribution is -2.38. The molecule has 18 heavy (non-hydrogen) atoms. The van der Waals surface area contributed by atoms with Crippen LogP contribution in [0, 0.1) is 0 Å². The van der Waals surface area contributed by atoms with E-state index in [4.69, 9.17) is 9.47 Å². The number of rotatable bonds is 5. The number of hydrogen-bond donors (Lipinski definition) is 2. The average molecular weight is 317 g/mol. The Morgan fingerprint density at radius 1 is 1.44 bits per heavy atom. The van der Waals surface area contributed by atoms with Gasteiger partial charge in [-0.25, -0.2) is 4.79 Å². The monoisotopic (exact) mass is 316 g/mol. The van der Waals surface area contributed by atoms with Gasteiger partial charge in [0.25, 0.3) is 0 Å². The van der Waals surface area contributed by atoms with E-state index in [-0.39, 0.29) is 12.1 Å². The smallest absolute Gasteiger partial charge is 0.319 e. The lowest BCUT2D eigenvalue weighted by molar-refractivity contribution is 0.173. The molecule has 0 bridgehead atoms. The Morgan fingerprint density at radius 2 is 2.17 bits per heavy atom. The maximum Gasteiger partial charge on any atom is 0.319 e. The Balaban J connectivity index is 2.59. The Bertz CT molecular complexity index is 412. The van der Waals surface area contributed by atoms with Crippen LogP contribution >= 0.6 is 15.9 Å². The van der Waals surface area contributed by atoms with E-state index < -0.39 is 0 Å². The van der Waals surface area contributed by atoms with Crippen LogP contribution in [0.3, 0.4) is 0 Å². The first-order valence-corrected chi connectivity index (χ1v) is 6.26. The summed E-state index contributed by atoms with van der Waals surface area (Å²) in [6.07, 6.45) is 0. The van der Waals surface area contributed by atoms with Gasteiger partial charge in [0.2, 0.25) is 0 Å². The van der Waals surface area contributed by atoms with Crippen molar-refractivity contribution in [2.24, 2.45) is 0 Å². The molecular formula is C12H17BrN2O3. The molecule has 0 aliphatic rings. The minimum Gasteiger partial charge on any atom is -0.495 e. The van der Waals surface area contributed by atoms with Crippen molar-refractivity contribution in [1.29, 1.82) is 0 Å². The summed E-state index contributed by atoms with van der Waals surface area (Å²) in [5.41, 5.74) is 0.664. The molecule has 1 aromatic rings. The highest BCUT2D eigenvalue weighted by atomic mass is 79.9. The molecule has 0 aromatic heterocycles. The van der Waals surface area contributed by atoms with Crippen molar-refractivity contribution in [3.8, 4) is 5.75 Å². The van der Waals surface area contributed by atoms with E-state index in [1.54, 1.807) is 26.4 Å². The quantitative estimate of drug-likeness (QED) is 0.878. The second-order valence-corrected chi connectivity index (χ2v) is 4.66. The zero-order valence-corrected chi connectivity index (χ0v) is 12.2. The van der Waals surface area contributed by atoms with Gasteiger partial charge in [-0.1, -0.05) is 0 Å². The Labute approximate surface area is 115 Å². The molecule has 0 aliphatic carbocycles. The van der Waals surface area contributed by atoms with Gasteiger partial charge in [0.1, 0.15) is 5.75 Å². The largest absolute Gasteiger partial charge is 0.495 e. The molecule has 0 saturated heterocycles. The molecule has 0 saturated carbocycles. The zero-order valence-electron chi connectivity index (χ0n) is 10.6. The number of ether oxygens (including phenoxy) is 2. The van der Waals surface area contributed by atoms with Crippen LogP contribution in [0.1, 0.15) is 6.92 Å². The number of urea groups is 1. The number of amides is 2. The summed E-state index contributed by atoms with van der Waals surface area (Å²) < 4.78 is 10.9. The van der Waals surface area contributed by atoms with Crippen LogP contribution < -0.4 is 15.4 Å². The van der Waals surface area contributed by atoms with Crippen molar-refractivity contribution >= 4 is 27.6 Å². The van der Waals surface area contributed by atoms with Gasteiger partial charge >= 0.3 is 6.03 Å². The second-order valence-electron chi connectivity index (χ2n) is 3.80. The van der Waals surface area contributed by atoms with E-state index in [1.807, 2.05) is 13.0 Å². The van der Waals surface area contributed by atoms with Crippen LogP contribution in [-0.4, -0.2) is 32.9 Å². The first-order valence-electron chi connectivity index (χ1n) is 5.46. The summed E-state index contributed by atoms with van der Waals surface area (Å²) in [5, 5.41) is 5.48. The number of anilines is 1. The number of carbonyl (C=O) groups is 1. The Hall–Kier alpha value is -1.27. The first-order chi connectivity index (χ1) is 8.56. The lowest BCUT2D eigenvalue weighted by Gasteiger charge is -2.14. The number of nitrogens with one attached hydrogen (secondary N) is 2. The number of carbonyl (C=O) groups excluding carboxylic acids is 1. The molecule has 1 rings (SSSR count). The predicted octanol–water partition coefficient (Wildman–Crippen LogP) is 2.61. The zero-order chi connectivity index (χ0) is 13.5. The van der Waals surface area contributed by atoms with Crippen LogP contribution in [0.15, 0.2) is 22.7 Å². The van der Waals surface area contributed by atoms with Crippen LogP contribution in [0.2, 0.25) is 0 Å². The van der Waals surface area contributed by atoms with Crippen LogP contribution in [0.4, 0.5) is 10.5 Å². The van der Waals surface area contributed by atoms with Gasteiger partial charge in [-0.05, 0) is 35.0 Å². The molecule has 5 nitrogen and oxygen atoms in total. The average Bonchev–Trinajstić information content (AvgIpc) is 2.31. The van der Waals surface area contributed by atoms with Gasteiger partial charge in [0, 0.05) is 18.9 Å². The third-order valence-corrected chi connectivity index (χ3v) is 2.86. The highest BCUT2D eigenvalue weighted by molar-refractivity contribution is 9.10. The fraction of sp³-hybridized carbons (Fsp3) is 0.417. The predicted molar refractivity (Wildman–Crippen MR) is 74.2 cm³/mol. The maximum absolute atomic E-state index is 11.7. The molecule has 2 N–H and O–H groups in total. The van der Waals surface area contributed by atoms with Gasteiger partial charge in [-0.15, -0.1) is 0 Å². The third kappa shape index (κ3) is 4.54. The van der Waals surface area contributed by atoms with E-state index in [2.05, 4.69) is 26.6 Å². The number of halogens is 1. The molecular weight excluding hydrogens is 300 g/mol. The molecule has 0 fully saturated rings. The highest BCUT2D eigenvalue weighted by Crippen LogP contribution is 2.27. The second kappa shape index (κ2) is 7.23. The Kier molecular flexibility index (Phi) is 5.94. The normalized spacial score (nSPS) is 11.8. The first kappa shape index (κ1) is 14.8. The van der Waals surface area contributed by atoms with Crippen LogP contribution in [0.25, 0.3) is 0 Å². The van der Waals surface area contributed by atoms with E-state index >= 15 is 0 Å². The van der Waals surface area contributed by atoms with Crippen molar-refractivity contribution in [3.63, 3.8) is 0 Å². The fourth-order valence-corrected chi connectivity index (χ4v) is 1.83. The summed E-state index contributed by atoms with van der Waals surface area (Å²) in [6.45, 7) is 2.34. The molecule has 1 aromatic carbocycles. The Morgan fingerprint density at radius 3 is 2.78 bits per heavy atom. The van der Waals surface area contributed by atoms with Gasteiger partial charge in [-0.2, -0.15) is 0 Å². The molecule has 1 atom stereocenters. The van der Waals surface area contributed by atoms with E-state index in [9.17, 15) is 4.79 Å². The van der Waals surface area contributed by atoms with Crippen molar-refractivity contribution in [3.05, 3.63) is 22.7 Å². The molecule has 0 radical (unpaired) electrons. The molecule has 0 heterocycles. The summed E-state index contributed by atoms with van der Waals surface area (Å²) in [6, 6.07) is 5.02. The summed E-state index contributed by atoms with van der Waals surface area (Å²) >= 11 is 3.35. The maximum atomic E-state index is 11.7. The fourth-order valence-electron chi connectivity index (χ4n) is 1.42. The van der Waals surface area contributed by atoms with E-state index in [0.717, 1.165) is 4.47 Å². The van der Waals surface area contributed by atoms with Gasteiger partial charge in [-0.3, -0.25) is 0 Å². The standard InChI is InChI=1S/C12H17BrN2O3/c1-8(7-17-2)14-12(16)15-9-4-5-10(13)11(6-9)18-3/h4-6,8H,7H2,1-3H3,(H2,14,15,16)/t8-/m1/s1. The van der Waals surface area contributed by atoms with Crippen molar-refractivity contribution in [2.75, 3.05) is 26.1 Å². The molecule has 2 amide bonds. The number of methoxy groups -OCH3 is 2. The van der Waals surface area contributed by atoms with Gasteiger partial charge in [0.15, 0.2) is 0 Å². The summed E-state index contributed by atoms with van der Waals surface area (Å²) in [4.78, 5) is 11.7. The molecule has 0 unspecified atom stereocenters. The third-order valence-electron chi connectivity index (χ3n) is 2.20. The summed E-state index contributed by atoms with van der Waals surface area (Å²) in [7, 11) is 3.17. The van der Waals surface area contributed by atoms with Crippen molar-refractivity contribution in [2.45, 2.75) is 13.0 Å². The topological polar surface area (TPSA) is 59.6 Å². The van der Waals surface area contributed by atoms with E-state index in [1.165, 1.54) is 0 Å². The van der Waals surface area contributed by atoms with E-state index in [0.29, 0.717) is 18.0 Å². The van der Waals surface area contributed by atoms with Crippen LogP contribution in [0.5, 0.6) is 5.75 Å². The van der Waals surface area contributed by atoms with Crippen molar-refractivity contribution in [1.82, 2.24) is 5.32 Å². The number of benzene rings is 1. The lowest BCUT2D eigenvalue weighted by atomic mass is 10.3. The molecule has 0 aliphatic heterocycles. The van der Waals surface area contributed by atoms with Crippen molar-refractivity contribution < 1.29 is 14.3 Å². The minimum absolute atomic E-state index is 0.0488. The minimum atomic E-state index is -0.274. The molecule has 100 valence electrons. The van der Waals surface area contributed by atoms with Crippen LogP contribution in [-0.2, 0) is 4.74 Å². The molecule has 0 spiro atoms. The van der Waals surface area contributed by atoms with Gasteiger partial charge in [0.05, 0.1) is 24.2 Å². The molecule has 6 heteroatoms.